The molecule has 3 aliphatic heterocycles. The van der Waals surface area contributed by atoms with Gasteiger partial charge < -0.3 is 19.1 Å². The van der Waals surface area contributed by atoms with Crippen LogP contribution in [-0.2, 0) is 15.9 Å². The van der Waals surface area contributed by atoms with Crippen molar-refractivity contribution in [2.75, 3.05) is 52.7 Å². The van der Waals surface area contributed by atoms with E-state index in [0.717, 1.165) is 43.7 Å². The first-order valence-electron chi connectivity index (χ1n) is 10.8. The monoisotopic (exact) mass is 374 g/mol. The van der Waals surface area contributed by atoms with Crippen LogP contribution in [0.1, 0.15) is 44.2 Å². The van der Waals surface area contributed by atoms with Gasteiger partial charge >= 0.3 is 0 Å². The third-order valence-electron chi connectivity index (χ3n) is 6.58. The third-order valence-corrected chi connectivity index (χ3v) is 6.58. The summed E-state index contributed by atoms with van der Waals surface area (Å²) in [5.41, 5.74) is 1.49. The van der Waals surface area contributed by atoms with E-state index in [4.69, 9.17) is 14.2 Å². The molecule has 2 fully saturated rings. The van der Waals surface area contributed by atoms with Gasteiger partial charge in [-0.25, -0.2) is 4.98 Å². The first kappa shape index (κ1) is 19.2. The molecule has 2 bridgehead atoms. The number of pyridine rings is 1. The van der Waals surface area contributed by atoms with Crippen molar-refractivity contribution < 1.29 is 14.2 Å². The Hall–Kier alpha value is -1.17. The van der Waals surface area contributed by atoms with Crippen LogP contribution in [0.3, 0.4) is 0 Å². The van der Waals surface area contributed by atoms with Crippen molar-refractivity contribution in [3.8, 4) is 5.88 Å². The average molecular weight is 375 g/mol. The number of piperidine rings is 1. The smallest absolute Gasteiger partial charge is 0.213 e. The number of fused-ring (bicyclic) bond motifs is 2. The topological polar surface area (TPSA) is 43.8 Å². The lowest BCUT2D eigenvalue weighted by atomic mass is 9.75. The number of ether oxygens (including phenoxy) is 3. The Kier molecular flexibility index (Phi) is 6.64. The predicted octanol–water partition coefficient (Wildman–Crippen LogP) is 3.32. The summed E-state index contributed by atoms with van der Waals surface area (Å²) >= 11 is 0. The van der Waals surface area contributed by atoms with E-state index in [1.54, 1.807) is 0 Å². The number of rotatable bonds is 2. The van der Waals surface area contributed by atoms with Gasteiger partial charge in [-0.2, -0.15) is 0 Å². The molecule has 5 heteroatoms. The molecule has 0 amide bonds. The number of hydrogen-bond acceptors (Lipinski definition) is 5. The minimum Gasteiger partial charge on any atom is -0.475 e. The molecule has 4 heterocycles. The molecular weight excluding hydrogens is 340 g/mol. The molecule has 0 atom stereocenters. The van der Waals surface area contributed by atoms with Gasteiger partial charge in [-0.05, 0) is 75.4 Å². The van der Waals surface area contributed by atoms with Gasteiger partial charge in [0.25, 0.3) is 0 Å². The van der Waals surface area contributed by atoms with Gasteiger partial charge in [0.1, 0.15) is 6.61 Å². The summed E-state index contributed by atoms with van der Waals surface area (Å²) in [6.45, 7) is 7.70. The van der Waals surface area contributed by atoms with E-state index >= 15 is 0 Å². The molecule has 2 saturated heterocycles. The van der Waals surface area contributed by atoms with Crippen LogP contribution in [0.25, 0.3) is 0 Å². The maximum absolute atomic E-state index is 6.07. The van der Waals surface area contributed by atoms with Crippen molar-refractivity contribution >= 4 is 0 Å². The number of aromatic nitrogens is 1. The van der Waals surface area contributed by atoms with E-state index in [9.17, 15) is 0 Å². The summed E-state index contributed by atoms with van der Waals surface area (Å²) in [7, 11) is 0. The number of aryl methyl sites for hydroxylation is 1. The summed E-state index contributed by atoms with van der Waals surface area (Å²) in [4.78, 5) is 7.31. The fourth-order valence-corrected chi connectivity index (χ4v) is 4.79. The molecule has 0 N–H and O–H groups in total. The van der Waals surface area contributed by atoms with Crippen LogP contribution in [0.15, 0.2) is 18.2 Å². The standard InChI is InChI=1S/C22H34N2O3/c1-3-20-4-2-8-22(18-26-15-16-27-21(5-1)23-20)9-11-24(12-10-22)17-19-6-13-25-14-7-19/h1,3,5,19H,2,4,6-18H2. The van der Waals surface area contributed by atoms with Crippen LogP contribution >= 0.6 is 0 Å². The van der Waals surface area contributed by atoms with Crippen LogP contribution in [-0.4, -0.2) is 62.6 Å². The summed E-state index contributed by atoms with van der Waals surface area (Å²) < 4.78 is 17.3. The largest absolute Gasteiger partial charge is 0.475 e. The zero-order valence-electron chi connectivity index (χ0n) is 16.5. The Morgan fingerprint density at radius 3 is 2.70 bits per heavy atom. The summed E-state index contributed by atoms with van der Waals surface area (Å²) in [5.74, 6) is 1.56. The number of nitrogens with zero attached hydrogens (tertiary/aromatic N) is 2. The van der Waals surface area contributed by atoms with E-state index in [-0.39, 0.29) is 0 Å². The van der Waals surface area contributed by atoms with Gasteiger partial charge in [0, 0.05) is 31.5 Å². The highest BCUT2D eigenvalue weighted by molar-refractivity contribution is 5.16. The maximum Gasteiger partial charge on any atom is 0.213 e. The summed E-state index contributed by atoms with van der Waals surface area (Å²) in [5, 5.41) is 0. The van der Waals surface area contributed by atoms with Gasteiger partial charge in [-0.15, -0.1) is 0 Å². The Balaban J connectivity index is 1.32. The molecule has 0 saturated carbocycles. The van der Waals surface area contributed by atoms with Crippen LogP contribution in [0.5, 0.6) is 5.88 Å². The lowest BCUT2D eigenvalue weighted by molar-refractivity contribution is -0.0212. The van der Waals surface area contributed by atoms with E-state index in [0.29, 0.717) is 18.6 Å². The molecule has 4 rings (SSSR count). The SMILES string of the molecule is c1cc2nc(c1)OCCOCC1(CCC2)CCN(CC2CCOCC2)CC1. The molecule has 0 aromatic carbocycles. The molecule has 1 aromatic rings. The summed E-state index contributed by atoms with van der Waals surface area (Å²) in [6.07, 6.45) is 8.43. The van der Waals surface area contributed by atoms with Crippen molar-refractivity contribution in [3.63, 3.8) is 0 Å². The zero-order valence-corrected chi connectivity index (χ0v) is 16.5. The quantitative estimate of drug-likeness (QED) is 0.794. The highest BCUT2D eigenvalue weighted by Gasteiger charge is 2.35. The van der Waals surface area contributed by atoms with Gasteiger partial charge in [0.2, 0.25) is 5.88 Å². The maximum atomic E-state index is 6.07. The highest BCUT2D eigenvalue weighted by atomic mass is 16.5. The van der Waals surface area contributed by atoms with Crippen LogP contribution in [0.4, 0.5) is 0 Å². The lowest BCUT2D eigenvalue weighted by Crippen LogP contribution is -2.45. The van der Waals surface area contributed by atoms with Crippen LogP contribution < -0.4 is 4.74 Å². The Bertz CT molecular complexity index is 581. The van der Waals surface area contributed by atoms with E-state index in [1.807, 2.05) is 6.07 Å². The van der Waals surface area contributed by atoms with E-state index < -0.39 is 0 Å². The normalized spacial score (nSPS) is 25.3. The van der Waals surface area contributed by atoms with E-state index in [2.05, 4.69) is 22.0 Å². The molecule has 3 aliphatic rings. The number of hydrogen-bond donors (Lipinski definition) is 0. The molecule has 27 heavy (non-hydrogen) atoms. The van der Waals surface area contributed by atoms with Crippen molar-refractivity contribution in [2.45, 2.75) is 44.9 Å². The van der Waals surface area contributed by atoms with Gasteiger partial charge in [0.15, 0.2) is 0 Å². The average Bonchev–Trinajstić information content (AvgIpc) is 2.70. The number of likely N-dealkylation sites (tertiary alicyclic amines) is 1. The molecular formula is C22H34N2O3. The van der Waals surface area contributed by atoms with Gasteiger partial charge in [0.05, 0.1) is 13.2 Å². The Morgan fingerprint density at radius 1 is 1.00 bits per heavy atom. The molecule has 5 nitrogen and oxygen atoms in total. The minimum absolute atomic E-state index is 0.336. The zero-order chi connectivity index (χ0) is 18.4. The third kappa shape index (κ3) is 5.43. The molecule has 1 aromatic heterocycles. The Morgan fingerprint density at radius 2 is 1.85 bits per heavy atom. The second-order valence-corrected chi connectivity index (χ2v) is 8.58. The molecule has 1 spiro atoms. The van der Waals surface area contributed by atoms with Gasteiger partial charge in [-0.1, -0.05) is 6.07 Å². The second kappa shape index (κ2) is 9.35. The van der Waals surface area contributed by atoms with Crippen molar-refractivity contribution in [3.05, 3.63) is 23.9 Å². The van der Waals surface area contributed by atoms with Crippen molar-refractivity contribution in [2.24, 2.45) is 11.3 Å². The van der Waals surface area contributed by atoms with Crippen molar-refractivity contribution in [1.29, 1.82) is 0 Å². The second-order valence-electron chi connectivity index (χ2n) is 8.58. The highest BCUT2D eigenvalue weighted by Crippen LogP contribution is 2.37. The molecule has 0 radical (unpaired) electrons. The van der Waals surface area contributed by atoms with E-state index in [1.165, 1.54) is 58.2 Å². The summed E-state index contributed by atoms with van der Waals surface area (Å²) in [6, 6.07) is 6.11. The molecule has 0 aliphatic carbocycles. The lowest BCUT2D eigenvalue weighted by Gasteiger charge is -2.43. The molecule has 0 unspecified atom stereocenters. The minimum atomic E-state index is 0.336. The fourth-order valence-electron chi connectivity index (χ4n) is 4.79. The first-order valence-corrected chi connectivity index (χ1v) is 10.8. The van der Waals surface area contributed by atoms with Crippen LogP contribution in [0.2, 0.25) is 0 Å². The first-order chi connectivity index (χ1) is 13.3. The Labute approximate surface area is 163 Å². The predicted molar refractivity (Wildman–Crippen MR) is 105 cm³/mol. The fraction of sp³-hybridized carbons (Fsp3) is 0.773. The molecule has 150 valence electrons. The van der Waals surface area contributed by atoms with Crippen molar-refractivity contribution in [1.82, 2.24) is 9.88 Å². The van der Waals surface area contributed by atoms with Crippen LogP contribution in [0, 0.1) is 11.3 Å². The van der Waals surface area contributed by atoms with Gasteiger partial charge in [-0.3, -0.25) is 0 Å².